The van der Waals surface area contributed by atoms with E-state index in [1.165, 1.54) is 270 Å². The number of ether oxygens (including phenoxy) is 2. The van der Waals surface area contributed by atoms with E-state index < -0.39 is 26.5 Å². The highest BCUT2D eigenvalue weighted by molar-refractivity contribution is 7.45. The Morgan fingerprint density at radius 1 is 0.392 bits per heavy atom. The minimum absolute atomic E-state index is 0.0291. The first-order chi connectivity index (χ1) is 38.5. The van der Waals surface area contributed by atoms with Gasteiger partial charge >= 0.3 is 11.9 Å². The number of allylic oxidation sites excluding steroid dienone is 4. The van der Waals surface area contributed by atoms with Crippen LogP contribution < -0.4 is 4.89 Å². The second-order valence-corrected chi connectivity index (χ2v) is 26.3. The molecule has 0 aromatic carbocycles. The van der Waals surface area contributed by atoms with Crippen LogP contribution in [0.15, 0.2) is 24.3 Å². The molecule has 0 amide bonds. The fourth-order valence-electron chi connectivity index (χ4n) is 10.4. The predicted octanol–water partition coefficient (Wildman–Crippen LogP) is 21.5. The van der Waals surface area contributed by atoms with E-state index in [4.69, 9.17) is 18.5 Å². The molecule has 0 saturated heterocycles. The maximum atomic E-state index is 12.8. The minimum atomic E-state index is -4.64. The normalized spacial score (nSPS) is 13.2. The van der Waals surface area contributed by atoms with Crippen molar-refractivity contribution in [1.82, 2.24) is 0 Å². The number of unbranched alkanes of at least 4 members (excludes halogenated alkanes) is 47. The molecule has 0 aromatic rings. The molecular formula is C69H134NO8P. The van der Waals surface area contributed by atoms with Gasteiger partial charge in [0.2, 0.25) is 0 Å². The Balaban J connectivity index is 3.91. The molecule has 79 heavy (non-hydrogen) atoms. The van der Waals surface area contributed by atoms with E-state index in [0.29, 0.717) is 17.4 Å². The van der Waals surface area contributed by atoms with Crippen LogP contribution in [0.5, 0.6) is 0 Å². The summed E-state index contributed by atoms with van der Waals surface area (Å²) in [4.78, 5) is 38.0. The molecule has 0 fully saturated rings. The van der Waals surface area contributed by atoms with Crippen molar-refractivity contribution in [2.24, 2.45) is 0 Å². The number of rotatable bonds is 65. The summed E-state index contributed by atoms with van der Waals surface area (Å²) in [5.41, 5.74) is 0. The summed E-state index contributed by atoms with van der Waals surface area (Å²) in [5, 5.41) is 0. The number of carbonyl (C=O) groups is 2. The van der Waals surface area contributed by atoms with Crippen LogP contribution in [0, 0.1) is 0 Å². The summed E-state index contributed by atoms with van der Waals surface area (Å²) in [6.45, 7) is 4.27. The van der Waals surface area contributed by atoms with Gasteiger partial charge in [-0.2, -0.15) is 0 Å². The number of esters is 2. The highest BCUT2D eigenvalue weighted by Gasteiger charge is 2.22. The summed E-state index contributed by atoms with van der Waals surface area (Å²) < 4.78 is 34.3. The molecule has 0 spiro atoms. The van der Waals surface area contributed by atoms with Crippen LogP contribution in [0.1, 0.15) is 354 Å². The topological polar surface area (TPSA) is 111 Å². The molecule has 0 radical (unpaired) electrons. The van der Waals surface area contributed by atoms with Crippen LogP contribution in [0.25, 0.3) is 0 Å². The van der Waals surface area contributed by atoms with Crippen molar-refractivity contribution in [3.63, 3.8) is 0 Å². The lowest BCUT2D eigenvalue weighted by Gasteiger charge is -2.28. The van der Waals surface area contributed by atoms with Gasteiger partial charge in [0, 0.05) is 12.8 Å². The van der Waals surface area contributed by atoms with Crippen LogP contribution in [-0.4, -0.2) is 70.0 Å². The Bertz CT molecular complexity index is 1380. The van der Waals surface area contributed by atoms with Crippen LogP contribution in [0.3, 0.4) is 0 Å². The Morgan fingerprint density at radius 2 is 0.684 bits per heavy atom. The van der Waals surface area contributed by atoms with Gasteiger partial charge in [-0.15, -0.1) is 0 Å². The van der Waals surface area contributed by atoms with E-state index in [2.05, 4.69) is 38.2 Å². The van der Waals surface area contributed by atoms with E-state index in [-0.39, 0.29) is 32.0 Å². The SMILES string of the molecule is CCCCC/C=C\C/C=C\CCCCCCCCCCCC(=O)OC(COC(=O)CCCCCCCCCCCCCCCCCCCCCCCCCCCCCCCCCCCCCC)COP(=O)([O-])OCC[N+](C)(C)C. The standard InChI is InChI=1S/C69H134NO8P/c1-6-8-10-12-14-16-18-20-22-24-26-27-28-29-30-31-32-33-34-35-36-37-38-39-40-41-42-44-45-47-49-51-53-55-57-59-61-68(71)75-65-67(66-77-79(73,74)76-64-63-70(3,4)5)78-69(72)62-60-58-56-54-52-50-48-46-43-25-23-21-19-17-15-13-11-9-7-2/h15,17,21,23,67H,6-14,16,18-20,22,24-66H2,1-5H3/b17-15-,23-21-. The summed E-state index contributed by atoms with van der Waals surface area (Å²) in [6.07, 6.45) is 75.6. The average Bonchev–Trinajstić information content (AvgIpc) is 3.41. The third kappa shape index (κ3) is 65.5. The summed E-state index contributed by atoms with van der Waals surface area (Å²) in [6, 6.07) is 0. The molecule has 0 N–H and O–H groups in total. The molecule has 2 atom stereocenters. The Kier molecular flexibility index (Phi) is 59.9. The molecule has 0 bridgehead atoms. The second-order valence-electron chi connectivity index (χ2n) is 24.9. The number of hydrogen-bond acceptors (Lipinski definition) is 8. The van der Waals surface area contributed by atoms with Gasteiger partial charge in [0.05, 0.1) is 27.7 Å². The monoisotopic (exact) mass is 1140 g/mol. The van der Waals surface area contributed by atoms with Crippen molar-refractivity contribution in [3.8, 4) is 0 Å². The molecule has 0 aromatic heterocycles. The zero-order valence-electron chi connectivity index (χ0n) is 53.4. The fraction of sp³-hybridized carbons (Fsp3) is 0.913. The average molecular weight is 1140 g/mol. The zero-order valence-corrected chi connectivity index (χ0v) is 54.2. The van der Waals surface area contributed by atoms with Gasteiger partial charge < -0.3 is 27.9 Å². The fourth-order valence-corrected chi connectivity index (χ4v) is 11.1. The van der Waals surface area contributed by atoms with Gasteiger partial charge in [-0.05, 0) is 44.9 Å². The first kappa shape index (κ1) is 77.5. The Morgan fingerprint density at radius 3 is 1.03 bits per heavy atom. The number of hydrogen-bond donors (Lipinski definition) is 0. The third-order valence-corrected chi connectivity index (χ3v) is 16.7. The smallest absolute Gasteiger partial charge is 0.306 e. The Hall–Kier alpha value is -1.51. The van der Waals surface area contributed by atoms with Crippen LogP contribution >= 0.6 is 7.82 Å². The molecule has 2 unspecified atom stereocenters. The Labute approximate surface area is 491 Å². The quantitative estimate of drug-likeness (QED) is 0.0195. The summed E-state index contributed by atoms with van der Waals surface area (Å²) in [5.74, 6) is -0.819. The van der Waals surface area contributed by atoms with Crippen molar-refractivity contribution in [1.29, 1.82) is 0 Å². The van der Waals surface area contributed by atoms with E-state index in [0.717, 1.165) is 51.4 Å². The molecule has 468 valence electrons. The van der Waals surface area contributed by atoms with Crippen LogP contribution in [0.2, 0.25) is 0 Å². The molecule has 0 aliphatic carbocycles. The van der Waals surface area contributed by atoms with E-state index in [1.54, 1.807) is 0 Å². The second kappa shape index (κ2) is 61.1. The lowest BCUT2D eigenvalue weighted by Crippen LogP contribution is -2.37. The number of phosphoric acid groups is 1. The van der Waals surface area contributed by atoms with Crippen molar-refractivity contribution < 1.29 is 42.1 Å². The third-order valence-electron chi connectivity index (χ3n) is 15.7. The predicted molar refractivity (Wildman–Crippen MR) is 338 cm³/mol. The molecule has 0 heterocycles. The molecule has 10 heteroatoms. The molecular weight excluding hydrogens is 1000 g/mol. The van der Waals surface area contributed by atoms with Gasteiger partial charge in [0.1, 0.15) is 19.8 Å². The lowest BCUT2D eigenvalue weighted by molar-refractivity contribution is -0.870. The molecule has 9 nitrogen and oxygen atoms in total. The first-order valence-electron chi connectivity index (χ1n) is 34.5. The largest absolute Gasteiger partial charge is 0.756 e. The summed E-state index contributed by atoms with van der Waals surface area (Å²) >= 11 is 0. The van der Waals surface area contributed by atoms with Gasteiger partial charge in [-0.1, -0.05) is 321 Å². The van der Waals surface area contributed by atoms with E-state index in [9.17, 15) is 19.0 Å². The maximum absolute atomic E-state index is 12.8. The number of carbonyl (C=O) groups excluding carboxylic acids is 2. The lowest BCUT2D eigenvalue weighted by atomic mass is 10.0. The van der Waals surface area contributed by atoms with Crippen molar-refractivity contribution in [2.45, 2.75) is 360 Å². The van der Waals surface area contributed by atoms with Crippen molar-refractivity contribution >= 4 is 19.8 Å². The molecule has 0 aliphatic rings. The van der Waals surface area contributed by atoms with Crippen LogP contribution in [0.4, 0.5) is 0 Å². The highest BCUT2D eigenvalue weighted by Crippen LogP contribution is 2.38. The molecule has 0 rings (SSSR count). The number of nitrogens with zero attached hydrogens (tertiary/aromatic N) is 1. The van der Waals surface area contributed by atoms with Gasteiger partial charge in [-0.25, -0.2) is 0 Å². The first-order valence-corrected chi connectivity index (χ1v) is 36.0. The summed E-state index contributed by atoms with van der Waals surface area (Å²) in [7, 11) is 1.18. The highest BCUT2D eigenvalue weighted by atomic mass is 31.2. The van der Waals surface area contributed by atoms with Gasteiger partial charge in [0.25, 0.3) is 7.82 Å². The van der Waals surface area contributed by atoms with Crippen molar-refractivity contribution in [2.75, 3.05) is 47.5 Å². The number of quaternary nitrogens is 1. The van der Waals surface area contributed by atoms with E-state index in [1.807, 2.05) is 21.1 Å². The van der Waals surface area contributed by atoms with Gasteiger partial charge in [0.15, 0.2) is 6.10 Å². The van der Waals surface area contributed by atoms with Crippen LogP contribution in [-0.2, 0) is 32.7 Å². The van der Waals surface area contributed by atoms with Gasteiger partial charge in [-0.3, -0.25) is 14.2 Å². The maximum Gasteiger partial charge on any atom is 0.306 e. The number of phosphoric ester groups is 1. The van der Waals surface area contributed by atoms with E-state index >= 15 is 0 Å². The zero-order chi connectivity index (χ0) is 57.7. The number of likely N-dealkylation sites (N-methyl/N-ethyl adjacent to an activating group) is 1. The van der Waals surface area contributed by atoms with Crippen molar-refractivity contribution in [3.05, 3.63) is 24.3 Å². The minimum Gasteiger partial charge on any atom is -0.756 e. The molecule has 0 saturated carbocycles. The molecule has 0 aliphatic heterocycles.